The number of esters is 1. The molecular formula is C26H29NO6. The topological polar surface area (TPSA) is 93.1 Å². The van der Waals surface area contributed by atoms with Crippen LogP contribution in [0.15, 0.2) is 54.1 Å². The van der Waals surface area contributed by atoms with Crippen LogP contribution in [-0.2, 0) is 14.4 Å². The van der Waals surface area contributed by atoms with E-state index in [0.29, 0.717) is 42.2 Å². The molecule has 2 aromatic carbocycles. The normalized spacial score (nSPS) is 17.3. The van der Waals surface area contributed by atoms with Gasteiger partial charge in [-0.3, -0.25) is 14.4 Å². The Labute approximate surface area is 193 Å². The number of nitrogens with zero attached hydrogens (tertiary/aromatic N) is 1. The molecule has 0 saturated carbocycles. The van der Waals surface area contributed by atoms with Gasteiger partial charge in [0.1, 0.15) is 17.3 Å². The number of aliphatic hydroxyl groups excluding tert-OH is 1. The molecule has 1 N–H and O–H groups in total. The number of hydrogen-bond donors (Lipinski definition) is 1. The predicted molar refractivity (Wildman–Crippen MR) is 124 cm³/mol. The van der Waals surface area contributed by atoms with Crippen LogP contribution in [0.4, 0.5) is 0 Å². The minimum absolute atomic E-state index is 0.0123. The van der Waals surface area contributed by atoms with E-state index < -0.39 is 23.7 Å². The van der Waals surface area contributed by atoms with Gasteiger partial charge >= 0.3 is 5.97 Å². The third-order valence-electron chi connectivity index (χ3n) is 5.33. The smallest absolute Gasteiger partial charge is 0.308 e. The van der Waals surface area contributed by atoms with Crippen molar-refractivity contribution in [2.24, 2.45) is 0 Å². The van der Waals surface area contributed by atoms with E-state index in [4.69, 9.17) is 9.47 Å². The summed E-state index contributed by atoms with van der Waals surface area (Å²) in [7, 11) is 0. The molecule has 1 atom stereocenters. The van der Waals surface area contributed by atoms with Gasteiger partial charge in [-0.1, -0.05) is 32.4 Å². The van der Waals surface area contributed by atoms with Gasteiger partial charge in [0.2, 0.25) is 0 Å². The van der Waals surface area contributed by atoms with Crippen LogP contribution in [0.5, 0.6) is 11.5 Å². The minimum Gasteiger partial charge on any atom is -0.507 e. The highest BCUT2D eigenvalue weighted by Crippen LogP contribution is 2.40. The number of carbonyl (C=O) groups is 3. The fourth-order valence-corrected chi connectivity index (χ4v) is 3.78. The van der Waals surface area contributed by atoms with Crippen LogP contribution in [0.2, 0.25) is 0 Å². The molecule has 1 aliphatic rings. The lowest BCUT2D eigenvalue weighted by atomic mass is 9.95. The summed E-state index contributed by atoms with van der Waals surface area (Å²) in [4.78, 5) is 38.8. The zero-order valence-corrected chi connectivity index (χ0v) is 19.2. The van der Waals surface area contributed by atoms with Crippen molar-refractivity contribution in [1.29, 1.82) is 0 Å². The van der Waals surface area contributed by atoms with Crippen molar-refractivity contribution < 1.29 is 29.0 Å². The molecule has 7 nitrogen and oxygen atoms in total. The molecule has 1 saturated heterocycles. The Kier molecular flexibility index (Phi) is 7.87. The third kappa shape index (κ3) is 5.42. The molecular weight excluding hydrogens is 422 g/mol. The first-order chi connectivity index (χ1) is 15.9. The Bertz CT molecular complexity index is 1060. The van der Waals surface area contributed by atoms with Crippen LogP contribution in [-0.4, -0.2) is 40.8 Å². The summed E-state index contributed by atoms with van der Waals surface area (Å²) in [6, 6.07) is 12.6. The first-order valence-corrected chi connectivity index (χ1v) is 11.2. The zero-order chi connectivity index (χ0) is 24.0. The maximum absolute atomic E-state index is 13.0. The van der Waals surface area contributed by atoms with E-state index in [9.17, 15) is 19.5 Å². The monoisotopic (exact) mass is 451 g/mol. The Hall–Kier alpha value is -3.61. The van der Waals surface area contributed by atoms with Crippen LogP contribution in [0.25, 0.3) is 5.76 Å². The molecule has 1 aliphatic heterocycles. The molecule has 0 aromatic heterocycles. The molecule has 1 amide bonds. The van der Waals surface area contributed by atoms with Crippen molar-refractivity contribution >= 4 is 23.4 Å². The summed E-state index contributed by atoms with van der Waals surface area (Å²) >= 11 is 0. The minimum atomic E-state index is -0.789. The van der Waals surface area contributed by atoms with E-state index in [1.165, 1.54) is 11.8 Å². The number of unbranched alkanes of at least 4 members (excludes halogenated alkanes) is 1. The number of carbonyl (C=O) groups excluding carboxylic acids is 3. The van der Waals surface area contributed by atoms with Crippen LogP contribution < -0.4 is 9.47 Å². The Morgan fingerprint density at radius 2 is 1.76 bits per heavy atom. The van der Waals surface area contributed by atoms with Crippen molar-refractivity contribution in [2.75, 3.05) is 13.2 Å². The largest absolute Gasteiger partial charge is 0.507 e. The van der Waals surface area contributed by atoms with E-state index in [-0.39, 0.29) is 11.3 Å². The SMILES string of the molecule is CCCCN1C(=O)C(=O)/C(=C(\O)c2ccc(OCCC)cc2)C1c1cccc(OC(C)=O)c1. The van der Waals surface area contributed by atoms with Gasteiger partial charge in [0.15, 0.2) is 0 Å². The van der Waals surface area contributed by atoms with Gasteiger partial charge in [0.25, 0.3) is 11.7 Å². The molecule has 0 aliphatic carbocycles. The lowest BCUT2D eigenvalue weighted by molar-refractivity contribution is -0.139. The van der Waals surface area contributed by atoms with Crippen LogP contribution >= 0.6 is 0 Å². The van der Waals surface area contributed by atoms with Gasteiger partial charge in [-0.05, 0) is 54.8 Å². The number of benzene rings is 2. The quantitative estimate of drug-likeness (QED) is 0.197. The molecule has 2 aromatic rings. The highest BCUT2D eigenvalue weighted by molar-refractivity contribution is 6.46. The van der Waals surface area contributed by atoms with E-state index >= 15 is 0 Å². The van der Waals surface area contributed by atoms with E-state index in [0.717, 1.165) is 12.8 Å². The second kappa shape index (κ2) is 10.8. The zero-order valence-electron chi connectivity index (χ0n) is 19.2. The highest BCUT2D eigenvalue weighted by atomic mass is 16.5. The van der Waals surface area contributed by atoms with Crippen molar-refractivity contribution in [1.82, 2.24) is 4.90 Å². The van der Waals surface area contributed by atoms with Gasteiger partial charge in [-0.15, -0.1) is 0 Å². The van der Waals surface area contributed by atoms with Gasteiger partial charge in [-0.25, -0.2) is 0 Å². The van der Waals surface area contributed by atoms with Crippen molar-refractivity contribution in [2.45, 2.75) is 46.1 Å². The van der Waals surface area contributed by atoms with Crippen LogP contribution in [0.1, 0.15) is 57.2 Å². The molecule has 3 rings (SSSR count). The Balaban J connectivity index is 2.07. The van der Waals surface area contributed by atoms with Crippen molar-refractivity contribution in [3.8, 4) is 11.5 Å². The maximum Gasteiger partial charge on any atom is 0.308 e. The van der Waals surface area contributed by atoms with E-state index in [2.05, 4.69) is 0 Å². The van der Waals surface area contributed by atoms with Gasteiger partial charge in [0.05, 0.1) is 18.2 Å². The number of amides is 1. The fraction of sp³-hybridized carbons (Fsp3) is 0.346. The second-order valence-corrected chi connectivity index (χ2v) is 7.89. The molecule has 174 valence electrons. The molecule has 1 unspecified atom stereocenters. The Morgan fingerprint density at radius 1 is 1.03 bits per heavy atom. The van der Waals surface area contributed by atoms with E-state index in [1.807, 2.05) is 13.8 Å². The number of Topliss-reactive ketones (excluding diaryl/α,β-unsaturated/α-hetero) is 1. The van der Waals surface area contributed by atoms with Crippen LogP contribution in [0, 0.1) is 0 Å². The summed E-state index contributed by atoms with van der Waals surface area (Å²) in [6.07, 6.45) is 2.41. The lowest BCUT2D eigenvalue weighted by Crippen LogP contribution is -2.30. The second-order valence-electron chi connectivity index (χ2n) is 7.89. The average molecular weight is 452 g/mol. The van der Waals surface area contributed by atoms with Gasteiger partial charge < -0.3 is 19.5 Å². The molecule has 33 heavy (non-hydrogen) atoms. The molecule has 1 fully saturated rings. The lowest BCUT2D eigenvalue weighted by Gasteiger charge is -2.25. The summed E-state index contributed by atoms with van der Waals surface area (Å²) in [5, 5.41) is 11.1. The van der Waals surface area contributed by atoms with Gasteiger partial charge in [0, 0.05) is 19.0 Å². The summed E-state index contributed by atoms with van der Waals surface area (Å²) in [5.74, 6) is -1.16. The number of likely N-dealkylation sites (tertiary alicyclic amines) is 1. The molecule has 0 radical (unpaired) electrons. The number of hydrogen-bond acceptors (Lipinski definition) is 6. The molecule has 7 heteroatoms. The van der Waals surface area contributed by atoms with E-state index in [1.54, 1.807) is 48.5 Å². The first-order valence-electron chi connectivity index (χ1n) is 11.2. The number of ether oxygens (including phenoxy) is 2. The predicted octanol–water partition coefficient (Wildman–Crippen LogP) is 4.62. The molecule has 0 spiro atoms. The first kappa shape index (κ1) is 24.0. The van der Waals surface area contributed by atoms with Gasteiger partial charge in [-0.2, -0.15) is 0 Å². The summed E-state index contributed by atoms with van der Waals surface area (Å²) in [6.45, 7) is 6.24. The molecule has 1 heterocycles. The highest BCUT2D eigenvalue weighted by Gasteiger charge is 2.45. The fourth-order valence-electron chi connectivity index (χ4n) is 3.78. The standard InChI is InChI=1S/C26H29NO6/c1-4-6-14-27-23(19-8-7-9-21(16-19)33-17(3)28)22(25(30)26(27)31)24(29)18-10-12-20(13-11-18)32-15-5-2/h7-13,16,23,29H,4-6,14-15H2,1-3H3/b24-22-. The summed E-state index contributed by atoms with van der Waals surface area (Å²) < 4.78 is 10.8. The van der Waals surface area contributed by atoms with Crippen molar-refractivity contribution in [3.05, 3.63) is 65.2 Å². The number of ketones is 1. The molecule has 0 bridgehead atoms. The van der Waals surface area contributed by atoms with Crippen molar-refractivity contribution in [3.63, 3.8) is 0 Å². The average Bonchev–Trinajstić information content (AvgIpc) is 3.06. The Morgan fingerprint density at radius 3 is 2.39 bits per heavy atom. The summed E-state index contributed by atoms with van der Waals surface area (Å²) in [5.41, 5.74) is 1.00. The van der Waals surface area contributed by atoms with Crippen LogP contribution in [0.3, 0.4) is 0 Å². The number of aliphatic hydroxyl groups is 1. The third-order valence-corrected chi connectivity index (χ3v) is 5.33. The number of rotatable bonds is 9. The maximum atomic E-state index is 13.0.